The van der Waals surface area contributed by atoms with E-state index in [0.717, 1.165) is 42.3 Å². The van der Waals surface area contributed by atoms with Crippen LogP contribution in [0.3, 0.4) is 0 Å². The summed E-state index contributed by atoms with van der Waals surface area (Å²) in [5, 5.41) is 4.00. The molecular weight excluding hydrogens is 262 g/mol. The highest BCUT2D eigenvalue weighted by atomic mass is 16.2. The number of rotatable bonds is 2. The minimum Gasteiger partial charge on any atom is -0.323 e. The number of carbonyl (C=O) groups excluding carboxylic acids is 1. The van der Waals surface area contributed by atoms with E-state index in [1.165, 1.54) is 0 Å². The fraction of sp³-hybridized carbons (Fsp3) is 0.412. The van der Waals surface area contributed by atoms with Crippen LogP contribution in [0.25, 0.3) is 10.9 Å². The smallest absolute Gasteiger partial charge is 0.244 e. The molecule has 110 valence electrons. The van der Waals surface area contributed by atoms with Crippen LogP contribution in [0.4, 0.5) is 5.69 Å². The van der Waals surface area contributed by atoms with E-state index in [1.807, 2.05) is 30.3 Å². The molecule has 1 aliphatic rings. The molecule has 2 aromatic rings. The number of nitrogens with one attached hydrogen (secondary N) is 1. The lowest BCUT2D eigenvalue weighted by atomic mass is 9.76. The van der Waals surface area contributed by atoms with Crippen molar-refractivity contribution in [3.63, 3.8) is 0 Å². The average Bonchev–Trinajstić information content (AvgIpc) is 2.47. The van der Waals surface area contributed by atoms with Gasteiger partial charge in [0.2, 0.25) is 5.91 Å². The van der Waals surface area contributed by atoms with Gasteiger partial charge in [0.05, 0.1) is 16.7 Å². The van der Waals surface area contributed by atoms with Gasteiger partial charge in [0.25, 0.3) is 0 Å². The molecule has 1 aromatic heterocycles. The second-order valence-corrected chi connectivity index (χ2v) is 6.19. The van der Waals surface area contributed by atoms with Crippen molar-refractivity contribution in [1.82, 2.24) is 4.98 Å². The highest BCUT2D eigenvalue weighted by Crippen LogP contribution is 2.32. The molecule has 2 atom stereocenters. The first kappa shape index (κ1) is 14.0. The topological polar surface area (TPSA) is 68.0 Å². The van der Waals surface area contributed by atoms with Crippen molar-refractivity contribution >= 4 is 22.5 Å². The van der Waals surface area contributed by atoms with Crippen LogP contribution < -0.4 is 11.1 Å². The normalized spacial score (nSPS) is 25.7. The Hall–Kier alpha value is -1.94. The number of benzene rings is 1. The van der Waals surface area contributed by atoms with E-state index in [1.54, 1.807) is 6.20 Å². The van der Waals surface area contributed by atoms with E-state index in [9.17, 15) is 4.79 Å². The predicted molar refractivity (Wildman–Crippen MR) is 84.9 cm³/mol. The Morgan fingerprint density at radius 1 is 1.38 bits per heavy atom. The summed E-state index contributed by atoms with van der Waals surface area (Å²) in [7, 11) is 0. The molecule has 0 saturated heterocycles. The number of nitrogens with zero attached hydrogens (tertiary/aromatic N) is 1. The molecule has 0 aliphatic heterocycles. The van der Waals surface area contributed by atoms with Gasteiger partial charge in [0.15, 0.2) is 0 Å². The molecule has 1 aromatic carbocycles. The molecule has 3 rings (SSSR count). The molecule has 21 heavy (non-hydrogen) atoms. The molecule has 0 bridgehead atoms. The molecule has 1 saturated carbocycles. The molecular formula is C17H21N3O. The lowest BCUT2D eigenvalue weighted by molar-refractivity contribution is -0.122. The van der Waals surface area contributed by atoms with Gasteiger partial charge in [-0.2, -0.15) is 0 Å². The van der Waals surface area contributed by atoms with Gasteiger partial charge in [-0.05, 0) is 30.9 Å². The number of carbonyl (C=O) groups is 1. The molecule has 1 aliphatic carbocycles. The van der Waals surface area contributed by atoms with Gasteiger partial charge in [0, 0.05) is 11.6 Å². The zero-order valence-corrected chi connectivity index (χ0v) is 12.3. The van der Waals surface area contributed by atoms with Crippen molar-refractivity contribution in [2.75, 3.05) is 5.32 Å². The van der Waals surface area contributed by atoms with Crippen molar-refractivity contribution in [1.29, 1.82) is 0 Å². The third-order valence-electron chi connectivity index (χ3n) is 4.37. The number of para-hydroxylation sites is 1. The first-order valence-electron chi connectivity index (χ1n) is 7.52. The molecule has 1 heterocycles. The minimum atomic E-state index is -0.755. The number of pyridine rings is 1. The summed E-state index contributed by atoms with van der Waals surface area (Å²) in [5.41, 5.74) is 7.14. The second-order valence-electron chi connectivity index (χ2n) is 6.19. The minimum absolute atomic E-state index is 0.0906. The summed E-state index contributed by atoms with van der Waals surface area (Å²) in [4.78, 5) is 17.0. The summed E-state index contributed by atoms with van der Waals surface area (Å²) in [5.74, 6) is 0.410. The third-order valence-corrected chi connectivity index (χ3v) is 4.37. The summed E-state index contributed by atoms with van der Waals surface area (Å²) in [6, 6.07) is 9.66. The first-order chi connectivity index (χ1) is 10.1. The average molecular weight is 283 g/mol. The van der Waals surface area contributed by atoms with E-state index in [2.05, 4.69) is 17.2 Å². The Kier molecular flexibility index (Phi) is 3.64. The lowest BCUT2D eigenvalue weighted by Crippen LogP contribution is -2.53. The van der Waals surface area contributed by atoms with Crippen molar-refractivity contribution < 1.29 is 4.79 Å². The van der Waals surface area contributed by atoms with Gasteiger partial charge >= 0.3 is 0 Å². The zero-order valence-electron chi connectivity index (χ0n) is 12.3. The monoisotopic (exact) mass is 283 g/mol. The maximum absolute atomic E-state index is 12.6. The fourth-order valence-corrected chi connectivity index (χ4v) is 3.25. The van der Waals surface area contributed by atoms with Crippen LogP contribution in [0, 0.1) is 5.92 Å². The summed E-state index contributed by atoms with van der Waals surface area (Å²) in [6.07, 6.45) is 5.40. The summed E-state index contributed by atoms with van der Waals surface area (Å²) in [6.45, 7) is 2.16. The standard InChI is InChI=1S/C17H21N3O/c1-12-5-3-9-17(18,11-12)16(21)20-14-8-2-6-13-7-4-10-19-15(13)14/h2,4,6-8,10,12H,3,5,9,11,18H2,1H3,(H,20,21). The van der Waals surface area contributed by atoms with Crippen molar-refractivity contribution in [3.8, 4) is 0 Å². The maximum atomic E-state index is 12.6. The zero-order chi connectivity index (χ0) is 14.9. The first-order valence-corrected chi connectivity index (χ1v) is 7.52. The van der Waals surface area contributed by atoms with Crippen molar-refractivity contribution in [3.05, 3.63) is 36.5 Å². The largest absolute Gasteiger partial charge is 0.323 e. The van der Waals surface area contributed by atoms with Gasteiger partial charge in [-0.15, -0.1) is 0 Å². The van der Waals surface area contributed by atoms with Crippen LogP contribution in [0.1, 0.15) is 32.6 Å². The van der Waals surface area contributed by atoms with Gasteiger partial charge in [0.1, 0.15) is 0 Å². The van der Waals surface area contributed by atoms with Crippen molar-refractivity contribution in [2.24, 2.45) is 11.7 Å². The SMILES string of the molecule is CC1CCCC(N)(C(=O)Nc2cccc3cccnc23)C1. The Balaban J connectivity index is 1.86. The van der Waals surface area contributed by atoms with E-state index in [-0.39, 0.29) is 5.91 Å². The van der Waals surface area contributed by atoms with Gasteiger partial charge in [-0.1, -0.05) is 38.0 Å². The van der Waals surface area contributed by atoms with Crippen LogP contribution in [-0.4, -0.2) is 16.4 Å². The Morgan fingerprint density at radius 3 is 3.00 bits per heavy atom. The van der Waals surface area contributed by atoms with E-state index in [4.69, 9.17) is 5.73 Å². The number of hydrogen-bond acceptors (Lipinski definition) is 3. The van der Waals surface area contributed by atoms with Crippen LogP contribution in [-0.2, 0) is 4.79 Å². The van der Waals surface area contributed by atoms with Crippen LogP contribution in [0.5, 0.6) is 0 Å². The predicted octanol–water partition coefficient (Wildman–Crippen LogP) is 3.08. The van der Waals surface area contributed by atoms with Crippen LogP contribution >= 0.6 is 0 Å². The number of amides is 1. The molecule has 0 radical (unpaired) electrons. The van der Waals surface area contributed by atoms with Gasteiger partial charge in [-0.25, -0.2) is 0 Å². The Labute approximate surface area is 124 Å². The Bertz CT molecular complexity index is 665. The molecule has 1 fully saturated rings. The lowest BCUT2D eigenvalue weighted by Gasteiger charge is -2.35. The van der Waals surface area contributed by atoms with Gasteiger partial charge in [-0.3, -0.25) is 9.78 Å². The van der Waals surface area contributed by atoms with E-state index in [0.29, 0.717) is 5.92 Å². The Morgan fingerprint density at radius 2 is 2.19 bits per heavy atom. The van der Waals surface area contributed by atoms with Crippen molar-refractivity contribution in [2.45, 2.75) is 38.1 Å². The highest BCUT2D eigenvalue weighted by molar-refractivity contribution is 6.04. The molecule has 4 heteroatoms. The third kappa shape index (κ3) is 2.76. The van der Waals surface area contributed by atoms with E-state index < -0.39 is 5.54 Å². The van der Waals surface area contributed by atoms with Crippen LogP contribution in [0.2, 0.25) is 0 Å². The number of fused-ring (bicyclic) bond motifs is 1. The molecule has 2 unspecified atom stereocenters. The summed E-state index contributed by atoms with van der Waals surface area (Å²) < 4.78 is 0. The highest BCUT2D eigenvalue weighted by Gasteiger charge is 2.38. The summed E-state index contributed by atoms with van der Waals surface area (Å²) >= 11 is 0. The molecule has 4 nitrogen and oxygen atoms in total. The molecule has 1 amide bonds. The number of nitrogens with two attached hydrogens (primary N) is 1. The quantitative estimate of drug-likeness (QED) is 0.890. The van der Waals surface area contributed by atoms with Gasteiger partial charge < -0.3 is 11.1 Å². The molecule has 0 spiro atoms. The number of hydrogen-bond donors (Lipinski definition) is 2. The number of anilines is 1. The fourth-order valence-electron chi connectivity index (χ4n) is 3.25. The molecule has 3 N–H and O–H groups in total. The number of aromatic nitrogens is 1. The second kappa shape index (κ2) is 5.45. The van der Waals surface area contributed by atoms with Crippen LogP contribution in [0.15, 0.2) is 36.5 Å². The van der Waals surface area contributed by atoms with E-state index >= 15 is 0 Å². The maximum Gasteiger partial charge on any atom is 0.244 e.